The van der Waals surface area contributed by atoms with Gasteiger partial charge >= 0.3 is 0 Å². The summed E-state index contributed by atoms with van der Waals surface area (Å²) in [5, 5.41) is 0. The fraction of sp³-hybridized carbons (Fsp3) is 0.588. The van der Waals surface area contributed by atoms with Gasteiger partial charge in [-0.25, -0.2) is 0 Å². The van der Waals surface area contributed by atoms with Gasteiger partial charge in [-0.15, -0.1) is 24.8 Å². The summed E-state index contributed by atoms with van der Waals surface area (Å²) in [7, 11) is 3.42. The molecule has 1 aliphatic rings. The second kappa shape index (κ2) is 11.7. The number of ether oxygens (including phenoxy) is 1. The first-order chi connectivity index (χ1) is 10.6. The Morgan fingerprint density at radius 1 is 1.29 bits per heavy atom. The second-order valence-electron chi connectivity index (χ2n) is 6.00. The van der Waals surface area contributed by atoms with Crippen molar-refractivity contribution in [3.63, 3.8) is 0 Å². The molecule has 0 bridgehead atoms. The van der Waals surface area contributed by atoms with Crippen molar-refractivity contribution < 1.29 is 9.53 Å². The van der Waals surface area contributed by atoms with Gasteiger partial charge in [-0.1, -0.05) is 30.3 Å². The number of methoxy groups -OCH3 is 1. The Balaban J connectivity index is 0.00000264. The van der Waals surface area contributed by atoms with Crippen LogP contribution in [0, 0.1) is 0 Å². The van der Waals surface area contributed by atoms with E-state index in [0.29, 0.717) is 0 Å². The highest BCUT2D eigenvalue weighted by Crippen LogP contribution is 2.18. The maximum Gasteiger partial charge on any atom is 0.241 e. The first kappa shape index (κ1) is 23.1. The van der Waals surface area contributed by atoms with Crippen molar-refractivity contribution >= 4 is 30.7 Å². The topological polar surface area (TPSA) is 58.8 Å². The molecule has 1 heterocycles. The summed E-state index contributed by atoms with van der Waals surface area (Å²) in [6, 6.07) is 10.2. The van der Waals surface area contributed by atoms with Crippen LogP contribution in [0.2, 0.25) is 0 Å². The lowest BCUT2D eigenvalue weighted by molar-refractivity contribution is -0.135. The Labute approximate surface area is 157 Å². The van der Waals surface area contributed by atoms with Gasteiger partial charge in [0, 0.05) is 39.8 Å². The van der Waals surface area contributed by atoms with Crippen LogP contribution in [0.15, 0.2) is 30.3 Å². The fourth-order valence-electron chi connectivity index (χ4n) is 3.00. The zero-order valence-electron chi connectivity index (χ0n) is 14.4. The minimum Gasteiger partial charge on any atom is -0.383 e. The third-order valence-electron chi connectivity index (χ3n) is 4.36. The fourth-order valence-corrected chi connectivity index (χ4v) is 3.00. The zero-order valence-corrected chi connectivity index (χ0v) is 16.0. The van der Waals surface area contributed by atoms with E-state index in [9.17, 15) is 4.79 Å². The number of benzene rings is 1. The quantitative estimate of drug-likeness (QED) is 0.822. The lowest BCUT2D eigenvalue weighted by atomic mass is 10.0. The first-order valence-electron chi connectivity index (χ1n) is 7.89. The van der Waals surface area contributed by atoms with Crippen LogP contribution in [0.5, 0.6) is 0 Å². The van der Waals surface area contributed by atoms with E-state index in [1.807, 2.05) is 18.0 Å². The van der Waals surface area contributed by atoms with Crippen molar-refractivity contribution in [3.8, 4) is 0 Å². The molecule has 2 N–H and O–H groups in total. The normalized spacial score (nSPS) is 16.6. The molecule has 1 atom stereocenters. The predicted molar refractivity (Wildman–Crippen MR) is 102 cm³/mol. The Kier molecular flexibility index (Phi) is 11.2. The second-order valence-corrected chi connectivity index (χ2v) is 6.00. The van der Waals surface area contributed by atoms with Crippen molar-refractivity contribution in [2.24, 2.45) is 5.73 Å². The van der Waals surface area contributed by atoms with Gasteiger partial charge in [-0.2, -0.15) is 0 Å². The number of rotatable bonds is 6. The molecule has 1 amide bonds. The third kappa shape index (κ3) is 6.57. The third-order valence-corrected chi connectivity index (χ3v) is 4.36. The van der Waals surface area contributed by atoms with E-state index >= 15 is 0 Å². The summed E-state index contributed by atoms with van der Waals surface area (Å²) in [4.78, 5) is 16.5. The number of amides is 1. The highest BCUT2D eigenvalue weighted by molar-refractivity contribution is 5.85. The van der Waals surface area contributed by atoms with Crippen LogP contribution in [0.25, 0.3) is 0 Å². The Morgan fingerprint density at radius 3 is 2.42 bits per heavy atom. The summed E-state index contributed by atoms with van der Waals surface area (Å²) in [6.45, 7) is 3.28. The average Bonchev–Trinajstić information content (AvgIpc) is 2.55. The van der Waals surface area contributed by atoms with Crippen LogP contribution in [0.1, 0.15) is 18.4 Å². The standard InChI is InChI=1S/C17H27N3O2.2ClH/c1-19(17(21)16(18)13-22-2)15-8-10-20(11-9-15)12-14-6-4-3-5-7-14;;/h3-7,15-16H,8-13,18H2,1-2H3;2*1H. The zero-order chi connectivity index (χ0) is 15.9. The number of halogens is 2. The van der Waals surface area contributed by atoms with Crippen LogP contribution in [-0.2, 0) is 16.1 Å². The van der Waals surface area contributed by atoms with Crippen molar-refractivity contribution in [2.75, 3.05) is 33.9 Å². The van der Waals surface area contributed by atoms with Crippen LogP contribution >= 0.6 is 24.8 Å². The van der Waals surface area contributed by atoms with Crippen LogP contribution in [-0.4, -0.2) is 61.6 Å². The van der Waals surface area contributed by atoms with Gasteiger partial charge in [-0.3, -0.25) is 9.69 Å². The average molecular weight is 378 g/mol. The summed E-state index contributed by atoms with van der Waals surface area (Å²) in [5.74, 6) is -0.0247. The smallest absolute Gasteiger partial charge is 0.241 e. The van der Waals surface area contributed by atoms with Crippen molar-refractivity contribution in [1.29, 1.82) is 0 Å². The van der Waals surface area contributed by atoms with Gasteiger partial charge in [0.25, 0.3) is 0 Å². The molecule has 138 valence electrons. The Hall–Kier alpha value is -0.850. The van der Waals surface area contributed by atoms with Gasteiger partial charge in [-0.05, 0) is 18.4 Å². The number of hydrogen-bond donors (Lipinski definition) is 1. The number of nitrogens with zero attached hydrogens (tertiary/aromatic N) is 2. The van der Waals surface area contributed by atoms with Gasteiger partial charge in [0.15, 0.2) is 0 Å². The number of hydrogen-bond acceptors (Lipinski definition) is 4. The number of likely N-dealkylation sites (N-methyl/N-ethyl adjacent to an activating group) is 1. The molecular weight excluding hydrogens is 349 g/mol. The Morgan fingerprint density at radius 2 is 1.88 bits per heavy atom. The van der Waals surface area contributed by atoms with Gasteiger partial charge < -0.3 is 15.4 Å². The Bertz CT molecular complexity index is 468. The minimum absolute atomic E-state index is 0. The first-order valence-corrected chi connectivity index (χ1v) is 7.89. The van der Waals surface area contributed by atoms with E-state index in [0.717, 1.165) is 32.5 Å². The maximum absolute atomic E-state index is 12.2. The van der Waals surface area contributed by atoms with E-state index in [4.69, 9.17) is 10.5 Å². The highest BCUT2D eigenvalue weighted by Gasteiger charge is 2.27. The molecular formula is C17H29Cl2N3O2. The molecule has 1 aromatic carbocycles. The van der Waals surface area contributed by atoms with Gasteiger partial charge in [0.05, 0.1) is 6.61 Å². The minimum atomic E-state index is -0.558. The molecule has 0 aromatic heterocycles. The molecule has 1 fully saturated rings. The predicted octanol–water partition coefficient (Wildman–Crippen LogP) is 1.93. The van der Waals surface area contributed by atoms with Crippen LogP contribution in [0.3, 0.4) is 0 Å². The van der Waals surface area contributed by atoms with E-state index in [2.05, 4.69) is 29.2 Å². The molecule has 24 heavy (non-hydrogen) atoms. The largest absolute Gasteiger partial charge is 0.383 e. The van der Waals surface area contributed by atoms with Crippen LogP contribution in [0.4, 0.5) is 0 Å². The molecule has 7 heteroatoms. The SMILES string of the molecule is COCC(N)C(=O)N(C)C1CCN(Cc2ccccc2)CC1.Cl.Cl. The number of likely N-dealkylation sites (tertiary alicyclic amines) is 1. The van der Waals surface area contributed by atoms with E-state index in [1.54, 1.807) is 7.11 Å². The number of piperidine rings is 1. The lowest BCUT2D eigenvalue weighted by Crippen LogP contribution is -2.51. The van der Waals surface area contributed by atoms with Crippen LogP contribution < -0.4 is 5.73 Å². The molecule has 1 unspecified atom stereocenters. The van der Waals surface area contributed by atoms with E-state index in [-0.39, 0.29) is 43.4 Å². The molecule has 0 spiro atoms. The molecule has 2 rings (SSSR count). The van der Waals surface area contributed by atoms with E-state index in [1.165, 1.54) is 5.56 Å². The molecule has 0 aliphatic carbocycles. The van der Waals surface area contributed by atoms with Crippen molar-refractivity contribution in [2.45, 2.75) is 31.5 Å². The number of carbonyl (C=O) groups is 1. The lowest BCUT2D eigenvalue weighted by Gasteiger charge is -2.37. The number of nitrogens with two attached hydrogens (primary N) is 1. The molecule has 0 saturated carbocycles. The summed E-state index contributed by atoms with van der Waals surface area (Å²) in [6.07, 6.45) is 1.99. The summed E-state index contributed by atoms with van der Waals surface area (Å²) >= 11 is 0. The van der Waals surface area contributed by atoms with Crippen molar-refractivity contribution in [3.05, 3.63) is 35.9 Å². The van der Waals surface area contributed by atoms with Gasteiger partial charge in [0.1, 0.15) is 6.04 Å². The highest BCUT2D eigenvalue weighted by atomic mass is 35.5. The molecule has 1 aliphatic heterocycles. The van der Waals surface area contributed by atoms with Gasteiger partial charge in [0.2, 0.25) is 5.91 Å². The molecule has 0 radical (unpaired) electrons. The molecule has 1 saturated heterocycles. The molecule has 1 aromatic rings. The van der Waals surface area contributed by atoms with Crippen molar-refractivity contribution in [1.82, 2.24) is 9.80 Å². The maximum atomic E-state index is 12.2. The monoisotopic (exact) mass is 377 g/mol. The number of carbonyl (C=O) groups excluding carboxylic acids is 1. The van der Waals surface area contributed by atoms with E-state index < -0.39 is 6.04 Å². The molecule has 5 nitrogen and oxygen atoms in total. The summed E-state index contributed by atoms with van der Waals surface area (Å²) < 4.78 is 4.96. The summed E-state index contributed by atoms with van der Waals surface area (Å²) in [5.41, 5.74) is 7.18.